The molecule has 2 amide bonds. The highest BCUT2D eigenvalue weighted by Crippen LogP contribution is 2.32. The van der Waals surface area contributed by atoms with Gasteiger partial charge in [0.25, 0.3) is 11.8 Å². The molecule has 0 unspecified atom stereocenters. The number of hydrogen-bond donors (Lipinski definition) is 1. The summed E-state index contributed by atoms with van der Waals surface area (Å²) in [5.74, 6) is 1.21. The molecule has 4 rings (SSSR count). The highest BCUT2D eigenvalue weighted by Gasteiger charge is 2.30. The van der Waals surface area contributed by atoms with Crippen molar-refractivity contribution >= 4 is 11.8 Å². The summed E-state index contributed by atoms with van der Waals surface area (Å²) in [6.45, 7) is 2.48. The van der Waals surface area contributed by atoms with Crippen molar-refractivity contribution in [2.45, 2.75) is 13.1 Å². The fraction of sp³-hybridized carbons (Fsp3) is 0.333. The highest BCUT2D eigenvalue weighted by molar-refractivity contribution is 6.04. The first-order valence-electron chi connectivity index (χ1n) is 9.25. The monoisotopic (exact) mass is 381 g/mol. The predicted octanol–water partition coefficient (Wildman–Crippen LogP) is 1.86. The minimum Gasteiger partial charge on any atom is -0.454 e. The van der Waals surface area contributed by atoms with Gasteiger partial charge >= 0.3 is 0 Å². The van der Waals surface area contributed by atoms with Crippen LogP contribution in [0.5, 0.6) is 11.5 Å². The third kappa shape index (κ3) is 3.53. The molecule has 7 heteroatoms. The first-order chi connectivity index (χ1) is 13.5. The van der Waals surface area contributed by atoms with Crippen molar-refractivity contribution in [3.05, 3.63) is 58.7 Å². The van der Waals surface area contributed by atoms with Gasteiger partial charge in [0.2, 0.25) is 6.79 Å². The molecule has 0 radical (unpaired) electrons. The standard InChI is InChI=1S/C21H23N3O4/c1-23(2)8-9-24-12-17-15(4-3-5-16(17)21(24)26)20(25)22-11-14-6-7-18-19(10-14)28-13-27-18/h3-7,10H,8-9,11-13H2,1-2H3,(H,22,25). The molecule has 2 aromatic carbocycles. The number of rotatable bonds is 6. The number of hydrogen-bond acceptors (Lipinski definition) is 5. The summed E-state index contributed by atoms with van der Waals surface area (Å²) < 4.78 is 10.7. The molecule has 0 spiro atoms. The summed E-state index contributed by atoms with van der Waals surface area (Å²) in [5, 5.41) is 2.94. The predicted molar refractivity (Wildman–Crippen MR) is 103 cm³/mol. The third-order valence-corrected chi connectivity index (χ3v) is 4.99. The quantitative estimate of drug-likeness (QED) is 0.827. The molecule has 0 bridgehead atoms. The van der Waals surface area contributed by atoms with Gasteiger partial charge < -0.3 is 24.6 Å². The SMILES string of the molecule is CN(C)CCN1Cc2c(C(=O)NCc3ccc4c(c3)OCO4)cccc2C1=O. The van der Waals surface area contributed by atoms with Crippen molar-refractivity contribution in [2.24, 2.45) is 0 Å². The van der Waals surface area contributed by atoms with E-state index in [9.17, 15) is 9.59 Å². The Kier molecular flexibility index (Phi) is 4.92. The van der Waals surface area contributed by atoms with Crippen LogP contribution in [0.4, 0.5) is 0 Å². The van der Waals surface area contributed by atoms with Crippen molar-refractivity contribution in [1.29, 1.82) is 0 Å². The van der Waals surface area contributed by atoms with Crippen LogP contribution in [0.3, 0.4) is 0 Å². The summed E-state index contributed by atoms with van der Waals surface area (Å²) in [5.41, 5.74) is 2.90. The lowest BCUT2D eigenvalue weighted by atomic mass is 10.0. The number of nitrogens with one attached hydrogen (secondary N) is 1. The number of benzene rings is 2. The van der Waals surface area contributed by atoms with Crippen LogP contribution in [0.25, 0.3) is 0 Å². The van der Waals surface area contributed by atoms with Gasteiger partial charge in [-0.05, 0) is 49.5 Å². The van der Waals surface area contributed by atoms with Crippen LogP contribution in [0.2, 0.25) is 0 Å². The van der Waals surface area contributed by atoms with Crippen molar-refractivity contribution in [1.82, 2.24) is 15.1 Å². The van der Waals surface area contributed by atoms with E-state index in [1.54, 1.807) is 23.1 Å². The Labute approximate surface area is 163 Å². The van der Waals surface area contributed by atoms with Crippen LogP contribution in [-0.4, -0.2) is 55.6 Å². The van der Waals surface area contributed by atoms with Crippen LogP contribution >= 0.6 is 0 Å². The summed E-state index contributed by atoms with van der Waals surface area (Å²) in [7, 11) is 3.95. The molecule has 0 saturated heterocycles. The maximum absolute atomic E-state index is 12.8. The first-order valence-corrected chi connectivity index (χ1v) is 9.25. The number of carbonyl (C=O) groups is 2. The van der Waals surface area contributed by atoms with E-state index in [1.165, 1.54) is 0 Å². The van der Waals surface area contributed by atoms with Gasteiger partial charge in [0.15, 0.2) is 11.5 Å². The van der Waals surface area contributed by atoms with Crippen LogP contribution < -0.4 is 14.8 Å². The van der Waals surface area contributed by atoms with Gasteiger partial charge in [-0.15, -0.1) is 0 Å². The average Bonchev–Trinajstić information content (AvgIpc) is 3.28. The Morgan fingerprint density at radius 1 is 1.18 bits per heavy atom. The van der Waals surface area contributed by atoms with Crippen molar-refractivity contribution in [2.75, 3.05) is 34.0 Å². The normalized spacial score (nSPS) is 14.5. The smallest absolute Gasteiger partial charge is 0.254 e. The lowest BCUT2D eigenvalue weighted by molar-refractivity contribution is 0.0767. The van der Waals surface area contributed by atoms with E-state index in [4.69, 9.17) is 9.47 Å². The van der Waals surface area contributed by atoms with Crippen LogP contribution in [0.1, 0.15) is 31.8 Å². The molecule has 2 heterocycles. The zero-order valence-electron chi connectivity index (χ0n) is 16.0. The Balaban J connectivity index is 1.45. The van der Waals surface area contributed by atoms with Gasteiger partial charge in [-0.2, -0.15) is 0 Å². The second-order valence-corrected chi connectivity index (χ2v) is 7.23. The number of likely N-dealkylation sites (N-methyl/N-ethyl adjacent to an activating group) is 1. The number of nitrogens with zero attached hydrogens (tertiary/aromatic N) is 2. The van der Waals surface area contributed by atoms with Gasteiger partial charge in [-0.25, -0.2) is 0 Å². The number of fused-ring (bicyclic) bond motifs is 2. The third-order valence-electron chi connectivity index (χ3n) is 4.99. The van der Waals surface area contributed by atoms with Crippen LogP contribution in [0.15, 0.2) is 36.4 Å². The lowest BCUT2D eigenvalue weighted by Crippen LogP contribution is -2.32. The maximum atomic E-state index is 12.8. The molecule has 2 aliphatic heterocycles. The molecule has 0 saturated carbocycles. The number of carbonyl (C=O) groups excluding carboxylic acids is 2. The molecule has 1 N–H and O–H groups in total. The topological polar surface area (TPSA) is 71.1 Å². The van der Waals surface area contributed by atoms with Gasteiger partial charge in [0.1, 0.15) is 0 Å². The van der Waals surface area contributed by atoms with Gasteiger partial charge in [0.05, 0.1) is 0 Å². The Morgan fingerprint density at radius 2 is 2.00 bits per heavy atom. The van der Waals surface area contributed by atoms with Gasteiger partial charge in [-0.3, -0.25) is 9.59 Å². The highest BCUT2D eigenvalue weighted by atomic mass is 16.7. The fourth-order valence-electron chi connectivity index (χ4n) is 3.43. The van der Waals surface area contributed by atoms with E-state index in [0.717, 1.165) is 17.7 Å². The summed E-state index contributed by atoms with van der Waals surface area (Å²) in [6, 6.07) is 10.9. The zero-order chi connectivity index (χ0) is 19.7. The van der Waals surface area contributed by atoms with Crippen LogP contribution in [0, 0.1) is 0 Å². The molecule has 28 heavy (non-hydrogen) atoms. The molecule has 2 aromatic rings. The first kappa shape index (κ1) is 18.3. The van der Waals surface area contributed by atoms with E-state index < -0.39 is 0 Å². The molecule has 0 fully saturated rings. The number of amides is 2. The zero-order valence-corrected chi connectivity index (χ0v) is 16.0. The Hall–Kier alpha value is -3.06. The van der Waals surface area contributed by atoms with E-state index >= 15 is 0 Å². The Morgan fingerprint density at radius 3 is 2.82 bits per heavy atom. The van der Waals surface area contributed by atoms with E-state index in [2.05, 4.69) is 5.32 Å². The maximum Gasteiger partial charge on any atom is 0.254 e. The lowest BCUT2D eigenvalue weighted by Gasteiger charge is -2.18. The summed E-state index contributed by atoms with van der Waals surface area (Å²) in [4.78, 5) is 29.2. The molecule has 0 aromatic heterocycles. The second-order valence-electron chi connectivity index (χ2n) is 7.23. The molecule has 0 aliphatic carbocycles. The summed E-state index contributed by atoms with van der Waals surface area (Å²) in [6.07, 6.45) is 0. The summed E-state index contributed by atoms with van der Waals surface area (Å²) >= 11 is 0. The van der Waals surface area contributed by atoms with Gasteiger partial charge in [-0.1, -0.05) is 12.1 Å². The average molecular weight is 381 g/mol. The molecular weight excluding hydrogens is 358 g/mol. The van der Waals surface area contributed by atoms with Crippen molar-refractivity contribution in [3.63, 3.8) is 0 Å². The molecule has 2 aliphatic rings. The minimum atomic E-state index is -0.184. The minimum absolute atomic E-state index is 0.0118. The van der Waals surface area contributed by atoms with Crippen LogP contribution in [-0.2, 0) is 13.1 Å². The van der Waals surface area contributed by atoms with E-state index in [-0.39, 0.29) is 18.6 Å². The van der Waals surface area contributed by atoms with Crippen molar-refractivity contribution in [3.8, 4) is 11.5 Å². The number of ether oxygens (including phenoxy) is 2. The Bertz CT molecular complexity index is 926. The van der Waals surface area contributed by atoms with Gasteiger partial charge in [0, 0.05) is 37.3 Å². The molecule has 7 nitrogen and oxygen atoms in total. The molecule has 146 valence electrons. The van der Waals surface area contributed by atoms with Crippen molar-refractivity contribution < 1.29 is 19.1 Å². The molecule has 0 atom stereocenters. The van der Waals surface area contributed by atoms with E-state index in [1.807, 2.05) is 37.2 Å². The second kappa shape index (κ2) is 7.52. The fourth-order valence-corrected chi connectivity index (χ4v) is 3.43. The molecular formula is C21H23N3O4. The largest absolute Gasteiger partial charge is 0.454 e. The van der Waals surface area contributed by atoms with E-state index in [0.29, 0.717) is 42.3 Å².